The van der Waals surface area contributed by atoms with E-state index in [1.54, 1.807) is 0 Å². The monoisotopic (exact) mass is 513 g/mol. The van der Waals surface area contributed by atoms with Crippen LogP contribution < -0.4 is 10.6 Å². The van der Waals surface area contributed by atoms with Gasteiger partial charge in [-0.1, -0.05) is 97.4 Å². The SMILES string of the molecule is O=C(CNC(=O)OCc1ccccc1)NCC(CCCN1CCCCC1)(c1ccccc1)c1ccccc1. The molecular weight excluding hydrogens is 474 g/mol. The number of carbonyl (C=O) groups excluding carboxylic acids is 2. The van der Waals surface area contributed by atoms with Crippen molar-refractivity contribution in [1.82, 2.24) is 15.5 Å². The maximum atomic E-state index is 12.9. The Morgan fingerprint density at radius 1 is 0.763 bits per heavy atom. The van der Waals surface area contributed by atoms with Crippen molar-refractivity contribution in [3.63, 3.8) is 0 Å². The number of hydrogen-bond donors (Lipinski definition) is 2. The molecular formula is C32H39N3O3. The third kappa shape index (κ3) is 7.93. The number of nitrogens with one attached hydrogen (secondary N) is 2. The Balaban J connectivity index is 1.40. The van der Waals surface area contributed by atoms with Crippen LogP contribution in [0.3, 0.4) is 0 Å². The average molecular weight is 514 g/mol. The van der Waals surface area contributed by atoms with E-state index in [2.05, 4.69) is 64.1 Å². The zero-order valence-electron chi connectivity index (χ0n) is 22.1. The summed E-state index contributed by atoms with van der Waals surface area (Å²) in [5.74, 6) is -0.242. The summed E-state index contributed by atoms with van der Waals surface area (Å²) >= 11 is 0. The Morgan fingerprint density at radius 2 is 1.34 bits per heavy atom. The first-order valence-electron chi connectivity index (χ1n) is 13.7. The van der Waals surface area contributed by atoms with Gasteiger partial charge in [-0.3, -0.25) is 4.79 Å². The first-order valence-corrected chi connectivity index (χ1v) is 13.7. The van der Waals surface area contributed by atoms with Crippen molar-refractivity contribution in [3.05, 3.63) is 108 Å². The highest BCUT2D eigenvalue weighted by Crippen LogP contribution is 2.36. The van der Waals surface area contributed by atoms with Gasteiger partial charge in [-0.05, 0) is 62.0 Å². The summed E-state index contributed by atoms with van der Waals surface area (Å²) in [4.78, 5) is 27.6. The minimum atomic E-state index is -0.608. The summed E-state index contributed by atoms with van der Waals surface area (Å²) in [6.07, 6.45) is 5.21. The van der Waals surface area contributed by atoms with Crippen LogP contribution in [0.2, 0.25) is 0 Å². The fourth-order valence-corrected chi connectivity index (χ4v) is 5.29. The summed E-state index contributed by atoms with van der Waals surface area (Å²) in [5, 5.41) is 5.69. The Morgan fingerprint density at radius 3 is 1.95 bits per heavy atom. The van der Waals surface area contributed by atoms with Crippen LogP contribution in [0, 0.1) is 0 Å². The van der Waals surface area contributed by atoms with E-state index in [1.807, 2.05) is 42.5 Å². The van der Waals surface area contributed by atoms with Gasteiger partial charge < -0.3 is 20.3 Å². The molecule has 1 aliphatic rings. The van der Waals surface area contributed by atoms with Crippen LogP contribution in [0.5, 0.6) is 0 Å². The lowest BCUT2D eigenvalue weighted by Gasteiger charge is -2.37. The second kappa shape index (κ2) is 14.3. The zero-order chi connectivity index (χ0) is 26.5. The molecule has 4 rings (SSSR count). The molecule has 0 aromatic heterocycles. The number of rotatable bonds is 12. The number of amides is 2. The maximum Gasteiger partial charge on any atom is 0.407 e. The van der Waals surface area contributed by atoms with Crippen LogP contribution in [0.25, 0.3) is 0 Å². The van der Waals surface area contributed by atoms with Crippen LogP contribution in [0.4, 0.5) is 4.79 Å². The molecule has 1 heterocycles. The quantitative estimate of drug-likeness (QED) is 0.346. The number of nitrogens with zero attached hydrogens (tertiary/aromatic N) is 1. The second-order valence-electron chi connectivity index (χ2n) is 10.0. The lowest BCUT2D eigenvalue weighted by molar-refractivity contribution is -0.120. The number of likely N-dealkylation sites (tertiary alicyclic amines) is 1. The Bertz CT molecular complexity index is 1080. The smallest absolute Gasteiger partial charge is 0.407 e. The van der Waals surface area contributed by atoms with Gasteiger partial charge >= 0.3 is 6.09 Å². The lowest BCUT2D eigenvalue weighted by atomic mass is 9.71. The van der Waals surface area contributed by atoms with E-state index in [0.717, 1.165) is 24.9 Å². The molecule has 2 N–H and O–H groups in total. The average Bonchev–Trinajstić information content (AvgIpc) is 2.99. The molecule has 0 bridgehead atoms. The normalized spacial score (nSPS) is 14.0. The molecule has 1 saturated heterocycles. The van der Waals surface area contributed by atoms with Gasteiger partial charge in [0.25, 0.3) is 0 Å². The highest BCUT2D eigenvalue weighted by atomic mass is 16.5. The molecule has 38 heavy (non-hydrogen) atoms. The number of hydrogen-bond acceptors (Lipinski definition) is 4. The predicted molar refractivity (Wildman–Crippen MR) is 151 cm³/mol. The fraction of sp³-hybridized carbons (Fsp3) is 0.375. The summed E-state index contributed by atoms with van der Waals surface area (Å²) in [7, 11) is 0. The molecule has 3 aromatic carbocycles. The van der Waals surface area contributed by atoms with Crippen molar-refractivity contribution in [3.8, 4) is 0 Å². The van der Waals surface area contributed by atoms with E-state index >= 15 is 0 Å². The summed E-state index contributed by atoms with van der Waals surface area (Å²) in [5.41, 5.74) is 2.88. The van der Waals surface area contributed by atoms with Gasteiger partial charge in [-0.25, -0.2) is 4.79 Å². The van der Waals surface area contributed by atoms with Gasteiger partial charge in [0.05, 0.1) is 6.54 Å². The molecule has 0 radical (unpaired) electrons. The lowest BCUT2D eigenvalue weighted by Crippen LogP contribution is -2.45. The fourth-order valence-electron chi connectivity index (χ4n) is 5.29. The first kappa shape index (κ1) is 27.4. The van der Waals surface area contributed by atoms with Gasteiger partial charge in [0.15, 0.2) is 0 Å². The van der Waals surface area contributed by atoms with Crippen molar-refractivity contribution < 1.29 is 14.3 Å². The topological polar surface area (TPSA) is 70.7 Å². The van der Waals surface area contributed by atoms with Crippen LogP contribution in [-0.2, 0) is 21.6 Å². The third-order valence-electron chi connectivity index (χ3n) is 7.37. The highest BCUT2D eigenvalue weighted by molar-refractivity contribution is 5.82. The number of ether oxygens (including phenoxy) is 1. The molecule has 2 amide bonds. The molecule has 1 fully saturated rings. The van der Waals surface area contributed by atoms with Crippen LogP contribution in [0.1, 0.15) is 48.8 Å². The summed E-state index contributed by atoms with van der Waals surface area (Å²) < 4.78 is 5.24. The molecule has 1 aliphatic heterocycles. The Hall–Kier alpha value is -3.64. The van der Waals surface area contributed by atoms with Crippen molar-refractivity contribution >= 4 is 12.0 Å². The minimum absolute atomic E-state index is 0.138. The summed E-state index contributed by atoms with van der Waals surface area (Å²) in [6, 6.07) is 30.4. The second-order valence-corrected chi connectivity index (χ2v) is 10.0. The zero-order valence-corrected chi connectivity index (χ0v) is 22.1. The molecule has 6 nitrogen and oxygen atoms in total. The van der Waals surface area contributed by atoms with E-state index < -0.39 is 6.09 Å². The molecule has 6 heteroatoms. The van der Waals surface area contributed by atoms with E-state index in [0.29, 0.717) is 6.54 Å². The van der Waals surface area contributed by atoms with Crippen molar-refractivity contribution in [1.29, 1.82) is 0 Å². The van der Waals surface area contributed by atoms with E-state index in [-0.39, 0.29) is 24.5 Å². The first-order chi connectivity index (χ1) is 18.7. The van der Waals surface area contributed by atoms with Gasteiger partial charge in [-0.15, -0.1) is 0 Å². The minimum Gasteiger partial charge on any atom is -0.445 e. The van der Waals surface area contributed by atoms with Crippen molar-refractivity contribution in [2.45, 2.75) is 44.1 Å². The third-order valence-corrected chi connectivity index (χ3v) is 7.37. The van der Waals surface area contributed by atoms with Crippen LogP contribution in [0.15, 0.2) is 91.0 Å². The highest BCUT2D eigenvalue weighted by Gasteiger charge is 2.34. The number of carbonyl (C=O) groups is 2. The predicted octanol–water partition coefficient (Wildman–Crippen LogP) is 5.28. The van der Waals surface area contributed by atoms with Crippen LogP contribution in [-0.4, -0.2) is 49.6 Å². The molecule has 0 saturated carbocycles. The van der Waals surface area contributed by atoms with Crippen molar-refractivity contribution in [2.24, 2.45) is 0 Å². The largest absolute Gasteiger partial charge is 0.445 e. The standard InChI is InChI=1S/C32H39N3O3/c36-30(24-33-31(37)38-25-27-14-5-1-6-15-27)34-26-32(28-16-7-2-8-17-28,29-18-9-3-10-19-29)20-13-23-35-21-11-4-12-22-35/h1-3,5-10,14-19H,4,11-13,20-26H2,(H,33,37)(H,34,36). The summed E-state index contributed by atoms with van der Waals surface area (Å²) in [6.45, 7) is 3.88. The van der Waals surface area contributed by atoms with Crippen molar-refractivity contribution in [2.75, 3.05) is 32.7 Å². The molecule has 3 aromatic rings. The van der Waals surface area contributed by atoms with Gasteiger partial charge in [0.2, 0.25) is 5.91 Å². The Kier molecular flexibility index (Phi) is 10.3. The molecule has 0 unspecified atom stereocenters. The van der Waals surface area contributed by atoms with Gasteiger partial charge in [0, 0.05) is 12.0 Å². The number of alkyl carbamates (subject to hydrolysis) is 1. The van der Waals surface area contributed by atoms with E-state index in [4.69, 9.17) is 4.74 Å². The molecule has 0 atom stereocenters. The van der Waals surface area contributed by atoms with Crippen LogP contribution >= 0.6 is 0 Å². The maximum absolute atomic E-state index is 12.9. The number of piperidine rings is 1. The van der Waals surface area contributed by atoms with Gasteiger partial charge in [0.1, 0.15) is 6.61 Å². The van der Waals surface area contributed by atoms with Gasteiger partial charge in [-0.2, -0.15) is 0 Å². The van der Waals surface area contributed by atoms with E-state index in [9.17, 15) is 9.59 Å². The number of benzene rings is 3. The molecule has 0 spiro atoms. The Labute approximate surface area is 226 Å². The molecule has 200 valence electrons. The van der Waals surface area contributed by atoms with E-state index in [1.165, 1.54) is 43.5 Å². The molecule has 0 aliphatic carbocycles.